The molecule has 0 aromatic heterocycles. The summed E-state index contributed by atoms with van der Waals surface area (Å²) >= 11 is 0. The summed E-state index contributed by atoms with van der Waals surface area (Å²) in [6.45, 7) is 0.422. The van der Waals surface area contributed by atoms with Crippen LogP contribution in [0.15, 0.2) is 46.2 Å². The van der Waals surface area contributed by atoms with Crippen molar-refractivity contribution in [1.82, 2.24) is 20.8 Å². The highest BCUT2D eigenvalue weighted by Crippen LogP contribution is 2.23. The molecule has 1 aromatic carbocycles. The molecule has 0 aliphatic carbocycles. The van der Waals surface area contributed by atoms with Gasteiger partial charge in [-0.1, -0.05) is 22.5 Å². The second kappa shape index (κ2) is 9.66. The fraction of sp³-hybridized carbons (Fsp3) is 0.333. The molecule has 0 atom stereocenters. The molecule has 0 saturated carbocycles. The maximum absolute atomic E-state index is 12.6. The van der Waals surface area contributed by atoms with Gasteiger partial charge in [0, 0.05) is 7.11 Å². The highest BCUT2D eigenvalue weighted by atomic mass is 32.2. The monoisotopic (exact) mass is 415 g/mol. The van der Waals surface area contributed by atoms with E-state index in [1.54, 1.807) is 6.07 Å². The van der Waals surface area contributed by atoms with Crippen LogP contribution >= 0.6 is 0 Å². The maximum Gasteiger partial charge on any atom is 0.350 e. The molecule has 3 N–H and O–H groups in total. The first-order chi connectivity index (χ1) is 13.4. The van der Waals surface area contributed by atoms with E-state index >= 15 is 0 Å². The molecule has 0 fully saturated rings. The van der Waals surface area contributed by atoms with Gasteiger partial charge >= 0.3 is 6.03 Å². The molecule has 1 aliphatic rings. The Kier molecular flexibility index (Phi) is 7.28. The maximum atomic E-state index is 12.6. The van der Waals surface area contributed by atoms with Crippen molar-refractivity contribution in [1.29, 1.82) is 0 Å². The molecular formula is C15H21N5O7S. The van der Waals surface area contributed by atoms with Crippen LogP contribution in [0, 0.1) is 0 Å². The predicted octanol–water partition coefficient (Wildman–Crippen LogP) is -0.117. The van der Waals surface area contributed by atoms with Crippen molar-refractivity contribution in [2.45, 2.75) is 4.90 Å². The molecule has 12 nitrogen and oxygen atoms in total. The number of nitrogens with zero attached hydrogens (tertiary/aromatic N) is 2. The number of carbonyl (C=O) groups is 1. The van der Waals surface area contributed by atoms with E-state index in [1.165, 1.54) is 45.6 Å². The zero-order valence-electron chi connectivity index (χ0n) is 15.5. The number of carbonyl (C=O) groups excluding carboxylic acids is 1. The van der Waals surface area contributed by atoms with E-state index in [2.05, 4.69) is 16.0 Å². The normalized spacial score (nSPS) is 13.6. The molecule has 0 radical (unpaired) electrons. The quantitative estimate of drug-likeness (QED) is 0.496. The summed E-state index contributed by atoms with van der Waals surface area (Å²) in [6.07, 6.45) is 1.43. The van der Waals surface area contributed by atoms with Gasteiger partial charge in [-0.05, 0) is 12.1 Å². The fourth-order valence-corrected chi connectivity index (χ4v) is 3.03. The summed E-state index contributed by atoms with van der Waals surface area (Å²) in [5.41, 5.74) is 4.76. The molecule has 2 amide bonds. The standard InChI is InChI=1S/C15H21N5O7S/c1-24-8-9-27-11-6-4-5-7-12(11)28(22,23)19-15(21)18-20-16-13(25-2)10-14(17-20)26-3/h4-7,10,16H,8-9H2,1-3H3,(H2,18,19,21). The molecule has 1 aromatic rings. The van der Waals surface area contributed by atoms with Crippen LogP contribution in [-0.4, -0.2) is 60.1 Å². The first-order valence-corrected chi connectivity index (χ1v) is 9.37. The second-order valence-corrected chi connectivity index (χ2v) is 6.76. The Labute approximate surface area is 162 Å². The van der Waals surface area contributed by atoms with Gasteiger partial charge in [-0.2, -0.15) is 0 Å². The summed E-state index contributed by atoms with van der Waals surface area (Å²) in [6, 6.07) is 4.82. The number of hydrazine groups is 2. The van der Waals surface area contributed by atoms with Crippen LogP contribution in [0.5, 0.6) is 5.75 Å². The summed E-state index contributed by atoms with van der Waals surface area (Å²) in [7, 11) is 0.0318. The number of amides is 2. The van der Waals surface area contributed by atoms with Crippen molar-refractivity contribution in [2.24, 2.45) is 5.10 Å². The van der Waals surface area contributed by atoms with Gasteiger partial charge in [0.05, 0.1) is 26.9 Å². The molecule has 2 rings (SSSR count). The summed E-state index contributed by atoms with van der Waals surface area (Å²) < 4.78 is 47.2. The molecule has 1 aliphatic heterocycles. The Balaban J connectivity index is 2.07. The minimum atomic E-state index is -4.22. The van der Waals surface area contributed by atoms with Gasteiger partial charge in [-0.15, -0.1) is 0 Å². The van der Waals surface area contributed by atoms with Crippen LogP contribution in [0.25, 0.3) is 0 Å². The minimum Gasteiger partial charge on any atom is -0.490 e. The third-order valence-corrected chi connectivity index (χ3v) is 4.59. The average Bonchev–Trinajstić information content (AvgIpc) is 2.67. The Bertz CT molecular complexity index is 856. The third-order valence-electron chi connectivity index (χ3n) is 3.22. The van der Waals surface area contributed by atoms with Gasteiger partial charge in [-0.3, -0.25) is 0 Å². The number of benzene rings is 1. The van der Waals surface area contributed by atoms with E-state index in [0.717, 1.165) is 5.23 Å². The topological polar surface area (TPSA) is 140 Å². The molecule has 13 heteroatoms. The van der Waals surface area contributed by atoms with E-state index < -0.39 is 16.1 Å². The number of urea groups is 1. The first-order valence-electron chi connectivity index (χ1n) is 7.89. The Morgan fingerprint density at radius 1 is 1.18 bits per heavy atom. The largest absolute Gasteiger partial charge is 0.490 e. The van der Waals surface area contributed by atoms with Gasteiger partial charge in [0.2, 0.25) is 11.8 Å². The molecule has 0 bridgehead atoms. The van der Waals surface area contributed by atoms with Crippen molar-refractivity contribution >= 4 is 22.0 Å². The van der Waals surface area contributed by atoms with Crippen LogP contribution in [0.4, 0.5) is 4.79 Å². The fourth-order valence-electron chi connectivity index (χ4n) is 1.98. The van der Waals surface area contributed by atoms with Crippen LogP contribution < -0.4 is 20.3 Å². The lowest BCUT2D eigenvalue weighted by molar-refractivity contribution is 0.0943. The Hall–Kier alpha value is -3.19. The zero-order chi connectivity index (χ0) is 20.6. The van der Waals surface area contributed by atoms with Crippen molar-refractivity contribution in [3.8, 4) is 5.75 Å². The Morgan fingerprint density at radius 2 is 1.93 bits per heavy atom. The van der Waals surface area contributed by atoms with Gasteiger partial charge in [0.25, 0.3) is 10.0 Å². The van der Waals surface area contributed by atoms with Crippen molar-refractivity contribution < 1.29 is 32.2 Å². The molecule has 28 heavy (non-hydrogen) atoms. The lowest BCUT2D eigenvalue weighted by Gasteiger charge is -2.25. The molecule has 0 spiro atoms. The number of hydrogen-bond acceptors (Lipinski definition) is 10. The van der Waals surface area contributed by atoms with E-state index in [0.29, 0.717) is 0 Å². The third kappa shape index (κ3) is 5.65. The predicted molar refractivity (Wildman–Crippen MR) is 97.2 cm³/mol. The molecule has 154 valence electrons. The summed E-state index contributed by atoms with van der Waals surface area (Å²) in [5.74, 6) is 0.419. The van der Waals surface area contributed by atoms with Crippen LogP contribution in [0.2, 0.25) is 0 Å². The number of para-hydroxylation sites is 1. The molecule has 0 saturated heterocycles. The first kappa shape index (κ1) is 21.1. The number of hydrogen-bond donors (Lipinski definition) is 3. The van der Waals surface area contributed by atoms with Crippen LogP contribution in [0.3, 0.4) is 0 Å². The summed E-state index contributed by atoms with van der Waals surface area (Å²) in [5, 5.41) is 4.70. The van der Waals surface area contributed by atoms with E-state index in [9.17, 15) is 13.2 Å². The summed E-state index contributed by atoms with van der Waals surface area (Å²) in [4.78, 5) is 11.9. The second-order valence-electron chi connectivity index (χ2n) is 5.11. The number of rotatable bonds is 8. The lowest BCUT2D eigenvalue weighted by atomic mass is 10.3. The number of methoxy groups -OCH3 is 3. The molecular weight excluding hydrogens is 394 g/mol. The van der Waals surface area contributed by atoms with Crippen LogP contribution in [0.1, 0.15) is 0 Å². The minimum absolute atomic E-state index is 0.0836. The average molecular weight is 415 g/mol. The lowest BCUT2D eigenvalue weighted by Crippen LogP contribution is -2.53. The van der Waals surface area contributed by atoms with Gasteiger partial charge in [0.1, 0.15) is 17.3 Å². The molecule has 0 unspecified atom stereocenters. The number of ether oxygens (including phenoxy) is 4. The number of nitrogens with one attached hydrogen (secondary N) is 3. The van der Waals surface area contributed by atoms with Crippen molar-refractivity contribution in [3.05, 3.63) is 36.2 Å². The van der Waals surface area contributed by atoms with E-state index in [1.807, 2.05) is 4.72 Å². The SMILES string of the molecule is COCCOc1ccccc1S(=O)(=O)NC(=O)NN1N=C(OC)C=C(OC)N1. The molecule has 1 heterocycles. The highest BCUT2D eigenvalue weighted by Gasteiger charge is 2.24. The van der Waals surface area contributed by atoms with Crippen molar-refractivity contribution in [3.63, 3.8) is 0 Å². The van der Waals surface area contributed by atoms with Gasteiger partial charge in [-0.25, -0.2) is 28.8 Å². The van der Waals surface area contributed by atoms with E-state index in [-0.39, 0.29) is 35.6 Å². The smallest absolute Gasteiger partial charge is 0.350 e. The number of hydrazone groups is 1. The number of sulfonamides is 1. The van der Waals surface area contributed by atoms with Crippen molar-refractivity contribution in [2.75, 3.05) is 34.5 Å². The highest BCUT2D eigenvalue weighted by molar-refractivity contribution is 7.90. The van der Waals surface area contributed by atoms with E-state index in [4.69, 9.17) is 18.9 Å². The van der Waals surface area contributed by atoms with Gasteiger partial charge < -0.3 is 18.9 Å². The Morgan fingerprint density at radius 3 is 2.61 bits per heavy atom. The zero-order valence-corrected chi connectivity index (χ0v) is 16.3. The van der Waals surface area contributed by atoms with Gasteiger partial charge in [0.15, 0.2) is 0 Å². The van der Waals surface area contributed by atoms with Crippen LogP contribution in [-0.2, 0) is 24.2 Å².